The number of halogens is 1. The molecule has 3 heteroatoms. The molecule has 2 aromatic heterocycles. The van der Waals surface area contributed by atoms with E-state index in [1.54, 1.807) is 0 Å². The smallest absolute Gasteiger partial charge is 0.171 e. The van der Waals surface area contributed by atoms with Crippen LogP contribution in [-0.2, 0) is 0 Å². The summed E-state index contributed by atoms with van der Waals surface area (Å²) in [6.07, 6.45) is 1.93. The van der Waals surface area contributed by atoms with Gasteiger partial charge in [-0.15, -0.1) is 0 Å². The second-order valence-corrected chi connectivity index (χ2v) is 8.09. The van der Waals surface area contributed by atoms with Crippen LogP contribution in [0, 0.1) is 12.7 Å². The molecule has 0 aliphatic carbocycles. The third-order valence-corrected chi connectivity index (χ3v) is 5.70. The van der Waals surface area contributed by atoms with E-state index in [-0.39, 0.29) is 5.82 Å². The Hall–Kier alpha value is -3.46. The first-order chi connectivity index (χ1) is 14.5. The zero-order chi connectivity index (χ0) is 20.8. The second kappa shape index (κ2) is 7.10. The molecule has 0 fully saturated rings. The minimum atomic E-state index is -0.348. The van der Waals surface area contributed by atoms with Crippen LogP contribution >= 0.6 is 0 Å². The normalized spacial score (nSPS) is 11.6. The Morgan fingerprint density at radius 2 is 1.60 bits per heavy atom. The number of furan rings is 1. The van der Waals surface area contributed by atoms with Crippen molar-refractivity contribution in [1.82, 2.24) is 4.98 Å². The zero-order valence-electron chi connectivity index (χ0n) is 17.2. The van der Waals surface area contributed by atoms with Crippen molar-refractivity contribution in [2.45, 2.75) is 26.7 Å². The molecule has 0 spiro atoms. The van der Waals surface area contributed by atoms with Crippen molar-refractivity contribution in [3.63, 3.8) is 0 Å². The number of pyridine rings is 1. The fourth-order valence-corrected chi connectivity index (χ4v) is 4.11. The Kier molecular flexibility index (Phi) is 4.39. The molecule has 0 atom stereocenters. The van der Waals surface area contributed by atoms with Crippen molar-refractivity contribution in [1.29, 1.82) is 0 Å². The Balaban J connectivity index is 1.71. The molecule has 0 aliphatic heterocycles. The van der Waals surface area contributed by atoms with Gasteiger partial charge >= 0.3 is 0 Å². The number of hydrogen-bond donors (Lipinski definition) is 0. The van der Waals surface area contributed by atoms with Gasteiger partial charge in [-0.1, -0.05) is 44.2 Å². The van der Waals surface area contributed by atoms with Crippen molar-refractivity contribution in [2.75, 3.05) is 0 Å². The van der Waals surface area contributed by atoms with E-state index < -0.39 is 0 Å². The molecule has 2 nitrogen and oxygen atoms in total. The van der Waals surface area contributed by atoms with Crippen LogP contribution in [0.3, 0.4) is 0 Å². The van der Waals surface area contributed by atoms with E-state index in [1.807, 2.05) is 54.7 Å². The summed E-state index contributed by atoms with van der Waals surface area (Å²) in [5.41, 5.74) is 7.18. The number of nitrogens with zero attached hydrogens (tertiary/aromatic N) is 1. The lowest BCUT2D eigenvalue weighted by Gasteiger charge is -2.11. The summed E-state index contributed by atoms with van der Waals surface area (Å²) in [7, 11) is 0. The van der Waals surface area contributed by atoms with Crippen molar-refractivity contribution in [2.24, 2.45) is 0 Å². The maximum absolute atomic E-state index is 14.9. The average molecular weight is 395 g/mol. The summed E-state index contributed by atoms with van der Waals surface area (Å²) in [6.45, 7) is 6.46. The highest BCUT2D eigenvalue weighted by atomic mass is 19.1. The highest BCUT2D eigenvalue weighted by molar-refractivity contribution is 6.07. The van der Waals surface area contributed by atoms with Gasteiger partial charge < -0.3 is 4.42 Å². The molecule has 0 unspecified atom stereocenters. The number of fused-ring (bicyclic) bond motifs is 3. The molecule has 0 aliphatic rings. The van der Waals surface area contributed by atoms with E-state index in [4.69, 9.17) is 4.42 Å². The molecule has 0 bridgehead atoms. The molecule has 0 radical (unpaired) electrons. The molecule has 30 heavy (non-hydrogen) atoms. The van der Waals surface area contributed by atoms with Crippen LogP contribution in [0.1, 0.15) is 30.9 Å². The minimum Gasteiger partial charge on any atom is -0.453 e. The molecule has 3 aromatic carbocycles. The Morgan fingerprint density at radius 3 is 2.37 bits per heavy atom. The number of hydrogen-bond acceptors (Lipinski definition) is 2. The summed E-state index contributed by atoms with van der Waals surface area (Å²) in [5, 5.41) is 1.68. The fraction of sp³-hybridized carbons (Fsp3) is 0.148. The largest absolute Gasteiger partial charge is 0.453 e. The quantitative estimate of drug-likeness (QED) is 0.310. The van der Waals surface area contributed by atoms with Gasteiger partial charge in [-0.25, -0.2) is 4.39 Å². The standard InChI is InChI=1S/C27H22FNO/c1-16(2)21-14-25(29-15-17(21)3)19-9-10-26-22(11-19)23-12-20(13-24(28)27(23)30-26)18-7-5-4-6-8-18/h4-16H,1-3H3. The molecular formula is C27H22FNO. The Labute approximate surface area is 175 Å². The second-order valence-electron chi connectivity index (χ2n) is 8.09. The lowest BCUT2D eigenvalue weighted by atomic mass is 9.97. The van der Waals surface area contributed by atoms with Gasteiger partial charge in [-0.3, -0.25) is 4.98 Å². The minimum absolute atomic E-state index is 0.293. The molecule has 0 saturated carbocycles. The third-order valence-electron chi connectivity index (χ3n) is 5.70. The first-order valence-electron chi connectivity index (χ1n) is 10.2. The maximum atomic E-state index is 14.9. The Bertz CT molecular complexity index is 1380. The van der Waals surface area contributed by atoms with E-state index in [2.05, 4.69) is 37.9 Å². The summed E-state index contributed by atoms with van der Waals surface area (Å²) in [4.78, 5) is 4.64. The predicted octanol–water partition coefficient (Wildman–Crippen LogP) is 7.89. The molecule has 5 rings (SSSR count). The topological polar surface area (TPSA) is 26.0 Å². The molecule has 2 heterocycles. The lowest BCUT2D eigenvalue weighted by Crippen LogP contribution is -1.95. The average Bonchev–Trinajstić information content (AvgIpc) is 3.13. The van der Waals surface area contributed by atoms with Gasteiger partial charge in [0.2, 0.25) is 0 Å². The summed E-state index contributed by atoms with van der Waals surface area (Å²) in [6, 6.07) is 21.5. The fourth-order valence-electron chi connectivity index (χ4n) is 4.11. The van der Waals surface area contributed by atoms with Gasteiger partial charge in [0.1, 0.15) is 5.58 Å². The third kappa shape index (κ3) is 3.07. The van der Waals surface area contributed by atoms with Crippen LogP contribution in [0.5, 0.6) is 0 Å². The monoisotopic (exact) mass is 395 g/mol. The van der Waals surface area contributed by atoms with Crippen molar-refractivity contribution in [3.8, 4) is 22.4 Å². The highest BCUT2D eigenvalue weighted by Gasteiger charge is 2.15. The SMILES string of the molecule is Cc1cnc(-c2ccc3oc4c(F)cc(-c5ccccc5)cc4c3c2)cc1C(C)C. The van der Waals surface area contributed by atoms with Crippen LogP contribution in [0.4, 0.5) is 4.39 Å². The van der Waals surface area contributed by atoms with Crippen LogP contribution in [0.25, 0.3) is 44.3 Å². The maximum Gasteiger partial charge on any atom is 0.171 e. The van der Waals surface area contributed by atoms with E-state index in [9.17, 15) is 4.39 Å². The molecule has 0 amide bonds. The molecule has 0 saturated heterocycles. The zero-order valence-corrected chi connectivity index (χ0v) is 17.2. The number of aromatic nitrogens is 1. The highest BCUT2D eigenvalue weighted by Crippen LogP contribution is 2.36. The van der Waals surface area contributed by atoms with Gasteiger partial charge in [0.15, 0.2) is 11.4 Å². The summed E-state index contributed by atoms with van der Waals surface area (Å²) < 4.78 is 20.7. The van der Waals surface area contributed by atoms with Crippen molar-refractivity contribution in [3.05, 3.63) is 89.9 Å². The van der Waals surface area contributed by atoms with Crippen molar-refractivity contribution < 1.29 is 8.81 Å². The van der Waals surface area contributed by atoms with E-state index in [0.29, 0.717) is 17.1 Å². The van der Waals surface area contributed by atoms with Crippen LogP contribution in [-0.4, -0.2) is 4.98 Å². The van der Waals surface area contributed by atoms with Crippen molar-refractivity contribution >= 4 is 21.9 Å². The lowest BCUT2D eigenvalue weighted by molar-refractivity contribution is 0.584. The molecule has 148 valence electrons. The molecule has 0 N–H and O–H groups in total. The van der Waals surface area contributed by atoms with Crippen LogP contribution in [0.15, 0.2) is 77.3 Å². The van der Waals surface area contributed by atoms with E-state index >= 15 is 0 Å². The molecular weight excluding hydrogens is 373 g/mol. The molecule has 5 aromatic rings. The van der Waals surface area contributed by atoms with E-state index in [0.717, 1.165) is 33.2 Å². The number of aryl methyl sites for hydroxylation is 1. The summed E-state index contributed by atoms with van der Waals surface area (Å²) in [5.74, 6) is 0.0763. The van der Waals surface area contributed by atoms with Gasteiger partial charge in [-0.2, -0.15) is 0 Å². The summed E-state index contributed by atoms with van der Waals surface area (Å²) >= 11 is 0. The first kappa shape index (κ1) is 18.6. The van der Waals surface area contributed by atoms with Gasteiger partial charge in [-0.05, 0) is 71.5 Å². The van der Waals surface area contributed by atoms with Gasteiger partial charge in [0.05, 0.1) is 5.69 Å². The van der Waals surface area contributed by atoms with Gasteiger partial charge in [0, 0.05) is 22.5 Å². The first-order valence-corrected chi connectivity index (χ1v) is 10.2. The van der Waals surface area contributed by atoms with Crippen LogP contribution in [0.2, 0.25) is 0 Å². The van der Waals surface area contributed by atoms with E-state index in [1.165, 1.54) is 17.2 Å². The van der Waals surface area contributed by atoms with Gasteiger partial charge in [0.25, 0.3) is 0 Å². The predicted molar refractivity (Wildman–Crippen MR) is 121 cm³/mol. The number of benzene rings is 3. The van der Waals surface area contributed by atoms with Crippen LogP contribution < -0.4 is 0 Å². The number of rotatable bonds is 3. The Morgan fingerprint density at radius 1 is 0.833 bits per heavy atom.